The first-order valence-corrected chi connectivity index (χ1v) is 5.45. The number of pyridine rings is 1. The van der Waals surface area contributed by atoms with Crippen molar-refractivity contribution in [1.82, 2.24) is 4.98 Å². The summed E-state index contributed by atoms with van der Waals surface area (Å²) in [6.07, 6.45) is 2.15. The van der Waals surface area contributed by atoms with Gasteiger partial charge in [0.05, 0.1) is 11.9 Å². The second kappa shape index (κ2) is 5.11. The lowest BCUT2D eigenvalue weighted by Crippen LogP contribution is -2.28. The molecule has 0 amide bonds. The van der Waals surface area contributed by atoms with E-state index in [1.54, 1.807) is 6.20 Å². The maximum Gasteiger partial charge on any atom is 0.326 e. The van der Waals surface area contributed by atoms with E-state index in [9.17, 15) is 4.79 Å². The molecule has 0 radical (unpaired) electrons. The first kappa shape index (κ1) is 12.0. The van der Waals surface area contributed by atoms with Gasteiger partial charge in [0.2, 0.25) is 0 Å². The lowest BCUT2D eigenvalue weighted by atomic mass is 10.2. The molecule has 5 heteroatoms. The zero-order chi connectivity index (χ0) is 11.4. The molecule has 0 saturated carbocycles. The molecule has 2 N–H and O–H groups in total. The smallest absolute Gasteiger partial charge is 0.326 e. The average Bonchev–Trinajstić information content (AvgIpc) is 2.19. The molecule has 0 fully saturated rings. The second-order valence-electron chi connectivity index (χ2n) is 3.28. The molecule has 1 heterocycles. The Balaban J connectivity index is 2.80. The monoisotopic (exact) mass is 272 g/mol. The Morgan fingerprint density at radius 3 is 2.87 bits per heavy atom. The quantitative estimate of drug-likeness (QED) is 0.827. The summed E-state index contributed by atoms with van der Waals surface area (Å²) in [5.74, 6) is -0.849. The van der Waals surface area contributed by atoms with Gasteiger partial charge in [0, 0.05) is 0 Å². The average molecular weight is 273 g/mol. The van der Waals surface area contributed by atoms with Gasteiger partial charge in [-0.1, -0.05) is 6.92 Å². The minimum absolute atomic E-state index is 0.532. The van der Waals surface area contributed by atoms with Gasteiger partial charge in [0.25, 0.3) is 0 Å². The van der Waals surface area contributed by atoms with Crippen LogP contribution in [0.4, 0.5) is 5.69 Å². The van der Waals surface area contributed by atoms with Gasteiger partial charge in [0.15, 0.2) is 0 Å². The normalized spacial score (nSPS) is 12.2. The predicted octanol–water partition coefficient (Wildman–Crippen LogP) is 2.43. The summed E-state index contributed by atoms with van der Waals surface area (Å²) in [6, 6.07) is 1.30. The van der Waals surface area contributed by atoms with Crippen LogP contribution in [0.2, 0.25) is 0 Å². The number of aliphatic carboxylic acids is 1. The van der Waals surface area contributed by atoms with Crippen LogP contribution in [0.1, 0.15) is 18.9 Å². The molecule has 82 valence electrons. The minimum Gasteiger partial charge on any atom is -0.480 e. The number of anilines is 1. The Kier molecular flexibility index (Phi) is 4.08. The standard InChI is InChI=1S/C10H13BrN2O2/c1-3-8(10(14)15)13-7-4-6(2)9(11)12-5-7/h4-5,8,13H,3H2,1-2H3,(H,14,15). The van der Waals surface area contributed by atoms with Crippen molar-refractivity contribution in [3.8, 4) is 0 Å². The molecular formula is C10H13BrN2O2. The summed E-state index contributed by atoms with van der Waals surface area (Å²) in [6.45, 7) is 3.73. The largest absolute Gasteiger partial charge is 0.480 e. The van der Waals surface area contributed by atoms with Crippen LogP contribution >= 0.6 is 15.9 Å². The molecule has 15 heavy (non-hydrogen) atoms. The van der Waals surface area contributed by atoms with Gasteiger partial charge in [0.1, 0.15) is 10.6 Å². The Morgan fingerprint density at radius 2 is 2.40 bits per heavy atom. The summed E-state index contributed by atoms with van der Waals surface area (Å²) in [5, 5.41) is 11.8. The van der Waals surface area contributed by atoms with Crippen molar-refractivity contribution in [3.05, 3.63) is 22.4 Å². The fourth-order valence-electron chi connectivity index (χ4n) is 1.18. The molecule has 1 aromatic rings. The van der Waals surface area contributed by atoms with Crippen LogP contribution in [0.5, 0.6) is 0 Å². The van der Waals surface area contributed by atoms with Gasteiger partial charge >= 0.3 is 5.97 Å². The number of hydrogen-bond acceptors (Lipinski definition) is 3. The summed E-state index contributed by atoms with van der Waals surface area (Å²) in [7, 11) is 0. The number of carboxylic acids is 1. The highest BCUT2D eigenvalue weighted by Gasteiger charge is 2.14. The van der Waals surface area contributed by atoms with Gasteiger partial charge in [-0.3, -0.25) is 0 Å². The molecule has 0 bridgehead atoms. The Hall–Kier alpha value is -1.10. The van der Waals surface area contributed by atoms with Crippen LogP contribution < -0.4 is 5.32 Å². The van der Waals surface area contributed by atoms with Gasteiger partial charge < -0.3 is 10.4 Å². The zero-order valence-electron chi connectivity index (χ0n) is 8.62. The highest BCUT2D eigenvalue weighted by molar-refractivity contribution is 9.10. The molecule has 1 unspecified atom stereocenters. The van der Waals surface area contributed by atoms with Gasteiger partial charge in [-0.05, 0) is 40.9 Å². The summed E-state index contributed by atoms with van der Waals surface area (Å²) >= 11 is 3.29. The zero-order valence-corrected chi connectivity index (χ0v) is 10.2. The molecule has 1 aromatic heterocycles. The first-order valence-electron chi connectivity index (χ1n) is 4.66. The van der Waals surface area contributed by atoms with E-state index < -0.39 is 12.0 Å². The molecule has 0 aromatic carbocycles. The molecule has 0 saturated heterocycles. The van der Waals surface area contributed by atoms with Crippen molar-refractivity contribution in [1.29, 1.82) is 0 Å². The number of aryl methyl sites for hydroxylation is 1. The SMILES string of the molecule is CCC(Nc1cnc(Br)c(C)c1)C(=O)O. The fourth-order valence-corrected chi connectivity index (χ4v) is 1.39. The highest BCUT2D eigenvalue weighted by Crippen LogP contribution is 2.17. The maximum atomic E-state index is 10.8. The number of hydrogen-bond donors (Lipinski definition) is 2. The molecule has 0 aliphatic rings. The van der Waals surface area contributed by atoms with E-state index in [-0.39, 0.29) is 0 Å². The number of carbonyl (C=O) groups is 1. The maximum absolute atomic E-state index is 10.8. The fraction of sp³-hybridized carbons (Fsp3) is 0.400. The van der Waals surface area contributed by atoms with Gasteiger partial charge in [-0.15, -0.1) is 0 Å². The molecule has 0 spiro atoms. The van der Waals surface area contributed by atoms with Gasteiger partial charge in [-0.2, -0.15) is 0 Å². The second-order valence-corrected chi connectivity index (χ2v) is 4.03. The molecule has 1 rings (SSSR count). The number of nitrogens with zero attached hydrogens (tertiary/aromatic N) is 1. The number of rotatable bonds is 4. The lowest BCUT2D eigenvalue weighted by molar-refractivity contribution is -0.137. The van der Waals surface area contributed by atoms with E-state index in [4.69, 9.17) is 5.11 Å². The molecular weight excluding hydrogens is 260 g/mol. The van der Waals surface area contributed by atoms with Crippen molar-refractivity contribution in [2.75, 3.05) is 5.32 Å². The van der Waals surface area contributed by atoms with E-state index in [0.717, 1.165) is 15.9 Å². The third-order valence-electron chi connectivity index (χ3n) is 2.06. The van der Waals surface area contributed by atoms with Crippen LogP contribution in [0.15, 0.2) is 16.9 Å². The van der Waals surface area contributed by atoms with Crippen LogP contribution in [0.25, 0.3) is 0 Å². The summed E-state index contributed by atoms with van der Waals surface area (Å²) < 4.78 is 0.774. The van der Waals surface area contributed by atoms with Crippen molar-refractivity contribution in [2.45, 2.75) is 26.3 Å². The van der Waals surface area contributed by atoms with Crippen molar-refractivity contribution in [2.24, 2.45) is 0 Å². The predicted molar refractivity (Wildman–Crippen MR) is 62.0 cm³/mol. The van der Waals surface area contributed by atoms with Gasteiger partial charge in [-0.25, -0.2) is 9.78 Å². The number of nitrogens with one attached hydrogen (secondary N) is 1. The number of halogens is 1. The third-order valence-corrected chi connectivity index (χ3v) is 2.89. The summed E-state index contributed by atoms with van der Waals surface area (Å²) in [4.78, 5) is 14.9. The third kappa shape index (κ3) is 3.20. The Morgan fingerprint density at radius 1 is 1.73 bits per heavy atom. The van der Waals surface area contributed by atoms with Crippen LogP contribution in [0, 0.1) is 6.92 Å². The van der Waals surface area contributed by atoms with Crippen LogP contribution in [-0.4, -0.2) is 22.1 Å². The Labute approximate surface area is 96.8 Å². The van der Waals surface area contributed by atoms with Crippen molar-refractivity contribution < 1.29 is 9.90 Å². The Bertz CT molecular complexity index is 368. The van der Waals surface area contributed by atoms with Crippen molar-refractivity contribution in [3.63, 3.8) is 0 Å². The van der Waals surface area contributed by atoms with E-state index in [1.165, 1.54) is 0 Å². The van der Waals surface area contributed by atoms with E-state index in [0.29, 0.717) is 6.42 Å². The van der Waals surface area contributed by atoms with E-state index in [1.807, 2.05) is 19.9 Å². The molecule has 0 aliphatic carbocycles. The van der Waals surface area contributed by atoms with Crippen LogP contribution in [-0.2, 0) is 4.79 Å². The highest BCUT2D eigenvalue weighted by atomic mass is 79.9. The van der Waals surface area contributed by atoms with E-state index >= 15 is 0 Å². The van der Waals surface area contributed by atoms with Crippen LogP contribution in [0.3, 0.4) is 0 Å². The molecule has 0 aliphatic heterocycles. The summed E-state index contributed by atoms with van der Waals surface area (Å²) in [5.41, 5.74) is 1.70. The van der Waals surface area contributed by atoms with E-state index in [2.05, 4.69) is 26.2 Å². The number of aromatic nitrogens is 1. The number of carboxylic acid groups (broad SMARTS) is 1. The topological polar surface area (TPSA) is 62.2 Å². The lowest BCUT2D eigenvalue weighted by Gasteiger charge is -2.13. The first-order chi connectivity index (χ1) is 7.04. The van der Waals surface area contributed by atoms with Crippen molar-refractivity contribution >= 4 is 27.6 Å². The molecule has 1 atom stereocenters. The minimum atomic E-state index is -0.849. The molecule has 4 nitrogen and oxygen atoms in total.